The number of hydrogen-bond donors (Lipinski definition) is 2. The summed E-state index contributed by atoms with van der Waals surface area (Å²) < 4.78 is 0. The molecule has 0 atom stereocenters. The molecule has 0 radical (unpaired) electrons. The van der Waals surface area contributed by atoms with E-state index >= 15 is 0 Å². The number of rotatable bonds is 7. The number of fused-ring (bicyclic) bond motifs is 1. The van der Waals surface area contributed by atoms with E-state index < -0.39 is 5.97 Å². The summed E-state index contributed by atoms with van der Waals surface area (Å²) in [6, 6.07) is 6.18. The van der Waals surface area contributed by atoms with Gasteiger partial charge in [-0.3, -0.25) is 4.79 Å². The molecule has 1 aromatic carbocycles. The van der Waals surface area contributed by atoms with E-state index in [9.17, 15) is 4.79 Å². The standard InChI is InChI=1S/C14H18N2O2S/c1-10-6-7-11-12(9-10)16-14(15-11)19-8-4-2-3-5-13(17)18/h6-7,9H,2-5,8H2,1H3,(H,15,16)(H,17,18). The maximum absolute atomic E-state index is 10.4. The van der Waals surface area contributed by atoms with Gasteiger partial charge in [-0.05, 0) is 37.5 Å². The summed E-state index contributed by atoms with van der Waals surface area (Å²) in [6.07, 6.45) is 3.01. The number of aryl methyl sites for hydroxylation is 1. The fourth-order valence-electron chi connectivity index (χ4n) is 1.89. The van der Waals surface area contributed by atoms with Gasteiger partial charge in [0.2, 0.25) is 0 Å². The molecule has 4 nitrogen and oxygen atoms in total. The molecule has 0 unspecified atom stereocenters. The number of carboxylic acid groups (broad SMARTS) is 1. The normalized spacial score (nSPS) is 11.0. The number of imidazole rings is 1. The van der Waals surface area contributed by atoms with E-state index in [-0.39, 0.29) is 6.42 Å². The van der Waals surface area contributed by atoms with Crippen molar-refractivity contribution in [3.8, 4) is 0 Å². The first-order chi connectivity index (χ1) is 9.15. The van der Waals surface area contributed by atoms with Gasteiger partial charge < -0.3 is 10.1 Å². The number of nitrogens with zero attached hydrogens (tertiary/aromatic N) is 1. The van der Waals surface area contributed by atoms with Crippen molar-refractivity contribution in [3.05, 3.63) is 23.8 Å². The maximum atomic E-state index is 10.4. The van der Waals surface area contributed by atoms with E-state index in [1.807, 2.05) is 6.07 Å². The average molecular weight is 278 g/mol. The lowest BCUT2D eigenvalue weighted by atomic mass is 10.2. The molecule has 0 aliphatic heterocycles. The molecular formula is C14H18N2O2S. The van der Waals surface area contributed by atoms with Gasteiger partial charge in [-0.15, -0.1) is 0 Å². The Balaban J connectivity index is 1.77. The third-order valence-corrected chi connectivity index (χ3v) is 3.85. The molecule has 0 saturated carbocycles. The van der Waals surface area contributed by atoms with Crippen LogP contribution in [0.3, 0.4) is 0 Å². The zero-order valence-corrected chi connectivity index (χ0v) is 11.8. The Labute approximate surface area is 116 Å². The molecule has 1 heterocycles. The summed E-state index contributed by atoms with van der Waals surface area (Å²) in [5.74, 6) is 0.263. The Morgan fingerprint density at radius 1 is 1.37 bits per heavy atom. The van der Waals surface area contributed by atoms with Gasteiger partial charge in [-0.25, -0.2) is 4.98 Å². The average Bonchev–Trinajstić information content (AvgIpc) is 2.75. The van der Waals surface area contributed by atoms with Gasteiger partial charge in [-0.1, -0.05) is 24.2 Å². The first-order valence-electron chi connectivity index (χ1n) is 6.46. The summed E-state index contributed by atoms with van der Waals surface area (Å²) in [5.41, 5.74) is 3.30. The van der Waals surface area contributed by atoms with Gasteiger partial charge in [0, 0.05) is 12.2 Å². The molecule has 0 aliphatic carbocycles. The predicted molar refractivity (Wildman–Crippen MR) is 77.7 cm³/mol. The molecule has 2 aromatic rings. The van der Waals surface area contributed by atoms with Crippen LogP contribution in [0.1, 0.15) is 31.2 Å². The fraction of sp³-hybridized carbons (Fsp3) is 0.429. The van der Waals surface area contributed by atoms with Gasteiger partial charge in [0.15, 0.2) is 5.16 Å². The number of aliphatic carboxylic acids is 1. The quantitative estimate of drug-likeness (QED) is 0.600. The van der Waals surface area contributed by atoms with Crippen molar-refractivity contribution in [1.29, 1.82) is 0 Å². The van der Waals surface area contributed by atoms with Crippen molar-refractivity contribution in [2.45, 2.75) is 37.8 Å². The lowest BCUT2D eigenvalue weighted by Crippen LogP contribution is -1.93. The molecule has 5 heteroatoms. The minimum Gasteiger partial charge on any atom is -0.481 e. The summed E-state index contributed by atoms with van der Waals surface area (Å²) in [6.45, 7) is 2.07. The highest BCUT2D eigenvalue weighted by atomic mass is 32.2. The van der Waals surface area contributed by atoms with E-state index in [0.29, 0.717) is 0 Å². The van der Waals surface area contributed by atoms with Crippen molar-refractivity contribution in [2.24, 2.45) is 0 Å². The van der Waals surface area contributed by atoms with Crippen LogP contribution >= 0.6 is 11.8 Å². The second-order valence-electron chi connectivity index (χ2n) is 4.62. The highest BCUT2D eigenvalue weighted by Gasteiger charge is 2.03. The first kappa shape index (κ1) is 13.9. The van der Waals surface area contributed by atoms with Crippen molar-refractivity contribution >= 4 is 28.8 Å². The van der Waals surface area contributed by atoms with Gasteiger partial charge in [0.1, 0.15) is 0 Å². The molecule has 2 rings (SSSR count). The molecule has 1 aromatic heterocycles. The number of aromatic amines is 1. The van der Waals surface area contributed by atoms with E-state index in [0.717, 1.165) is 41.2 Å². The van der Waals surface area contributed by atoms with Crippen LogP contribution in [0.2, 0.25) is 0 Å². The fourth-order valence-corrected chi connectivity index (χ4v) is 2.78. The van der Waals surface area contributed by atoms with Crippen LogP contribution in [0.25, 0.3) is 11.0 Å². The van der Waals surface area contributed by atoms with Crippen molar-refractivity contribution in [2.75, 3.05) is 5.75 Å². The highest BCUT2D eigenvalue weighted by molar-refractivity contribution is 7.99. The number of thioether (sulfide) groups is 1. The molecule has 0 aliphatic rings. The number of nitrogens with one attached hydrogen (secondary N) is 1. The molecule has 0 saturated heterocycles. The summed E-state index contributed by atoms with van der Waals surface area (Å²) in [7, 11) is 0. The zero-order chi connectivity index (χ0) is 13.7. The molecule has 0 spiro atoms. The number of benzene rings is 1. The van der Waals surface area contributed by atoms with Gasteiger partial charge in [0.25, 0.3) is 0 Å². The Hall–Kier alpha value is -1.49. The number of hydrogen-bond acceptors (Lipinski definition) is 3. The largest absolute Gasteiger partial charge is 0.481 e. The number of carbonyl (C=O) groups is 1. The van der Waals surface area contributed by atoms with Crippen LogP contribution in [-0.4, -0.2) is 26.8 Å². The lowest BCUT2D eigenvalue weighted by molar-refractivity contribution is -0.137. The third-order valence-electron chi connectivity index (χ3n) is 2.89. The Bertz CT molecular complexity index is 566. The first-order valence-corrected chi connectivity index (χ1v) is 7.44. The Kier molecular flexibility index (Phi) is 4.85. The summed E-state index contributed by atoms with van der Waals surface area (Å²) in [4.78, 5) is 18.2. The lowest BCUT2D eigenvalue weighted by Gasteiger charge is -1.97. The monoisotopic (exact) mass is 278 g/mol. The SMILES string of the molecule is Cc1ccc2nc(SCCCCCC(=O)O)[nH]c2c1. The topological polar surface area (TPSA) is 66.0 Å². The van der Waals surface area contributed by atoms with Crippen LogP contribution in [0.5, 0.6) is 0 Å². The van der Waals surface area contributed by atoms with Crippen LogP contribution in [-0.2, 0) is 4.79 Å². The Morgan fingerprint density at radius 3 is 3.00 bits per heavy atom. The van der Waals surface area contributed by atoms with Gasteiger partial charge in [-0.2, -0.15) is 0 Å². The number of carboxylic acids is 1. The predicted octanol–water partition coefficient (Wildman–Crippen LogP) is 3.61. The van der Waals surface area contributed by atoms with Crippen molar-refractivity contribution in [3.63, 3.8) is 0 Å². The van der Waals surface area contributed by atoms with Crippen LogP contribution in [0.15, 0.2) is 23.4 Å². The molecule has 0 fully saturated rings. The minimum atomic E-state index is -0.708. The second kappa shape index (κ2) is 6.61. The van der Waals surface area contributed by atoms with Crippen LogP contribution in [0.4, 0.5) is 0 Å². The van der Waals surface area contributed by atoms with Crippen molar-refractivity contribution < 1.29 is 9.90 Å². The number of H-pyrrole nitrogens is 1. The second-order valence-corrected chi connectivity index (χ2v) is 5.70. The summed E-state index contributed by atoms with van der Waals surface area (Å²) in [5, 5.41) is 9.47. The van der Waals surface area contributed by atoms with Crippen molar-refractivity contribution in [1.82, 2.24) is 9.97 Å². The molecule has 2 N–H and O–H groups in total. The minimum absolute atomic E-state index is 0.272. The Morgan fingerprint density at radius 2 is 2.21 bits per heavy atom. The van der Waals surface area contributed by atoms with Gasteiger partial charge >= 0.3 is 5.97 Å². The van der Waals surface area contributed by atoms with E-state index in [4.69, 9.17) is 5.11 Å². The number of unbranched alkanes of at least 4 members (excludes halogenated alkanes) is 2. The van der Waals surface area contributed by atoms with E-state index in [1.54, 1.807) is 11.8 Å². The molecular weight excluding hydrogens is 260 g/mol. The third kappa shape index (κ3) is 4.28. The van der Waals surface area contributed by atoms with Crippen LogP contribution in [0, 0.1) is 6.92 Å². The molecule has 0 amide bonds. The highest BCUT2D eigenvalue weighted by Crippen LogP contribution is 2.21. The number of aromatic nitrogens is 2. The summed E-state index contributed by atoms with van der Waals surface area (Å²) >= 11 is 1.70. The molecule has 102 valence electrons. The smallest absolute Gasteiger partial charge is 0.303 e. The molecule has 0 bridgehead atoms. The van der Waals surface area contributed by atoms with E-state index in [1.165, 1.54) is 5.56 Å². The van der Waals surface area contributed by atoms with E-state index in [2.05, 4.69) is 29.0 Å². The zero-order valence-electron chi connectivity index (χ0n) is 11.0. The maximum Gasteiger partial charge on any atom is 0.303 e. The molecule has 19 heavy (non-hydrogen) atoms. The van der Waals surface area contributed by atoms with Crippen LogP contribution < -0.4 is 0 Å². The van der Waals surface area contributed by atoms with Gasteiger partial charge in [0.05, 0.1) is 11.0 Å².